The Hall–Kier alpha value is -1.31. The van der Waals surface area contributed by atoms with Crippen molar-refractivity contribution in [3.05, 3.63) is 24.3 Å². The third-order valence-corrected chi connectivity index (χ3v) is 5.39. The number of ether oxygens (including phenoxy) is 1. The van der Waals surface area contributed by atoms with Gasteiger partial charge in [-0.2, -0.15) is 0 Å². The Morgan fingerprint density at radius 3 is 2.52 bits per heavy atom. The van der Waals surface area contributed by atoms with Gasteiger partial charge in [0, 0.05) is 17.1 Å². The van der Waals surface area contributed by atoms with Gasteiger partial charge in [-0.1, -0.05) is 13.8 Å². The minimum Gasteiger partial charge on any atom is -0.492 e. The number of hydrogen-bond donors (Lipinski definition) is 3. The Bertz CT molecular complexity index is 583. The van der Waals surface area contributed by atoms with E-state index in [1.54, 1.807) is 24.3 Å². The van der Waals surface area contributed by atoms with Crippen molar-refractivity contribution in [3.8, 4) is 5.75 Å². The van der Waals surface area contributed by atoms with Gasteiger partial charge in [-0.05, 0) is 30.7 Å². The van der Waals surface area contributed by atoms with Crippen molar-refractivity contribution in [2.75, 3.05) is 18.1 Å². The highest BCUT2D eigenvalue weighted by atomic mass is 32.2. The maximum Gasteiger partial charge on any atom is 0.215 e. The zero-order valence-electron chi connectivity index (χ0n) is 12.2. The van der Waals surface area contributed by atoms with Crippen LogP contribution in [0.3, 0.4) is 0 Å². The van der Waals surface area contributed by atoms with Crippen LogP contribution in [0.25, 0.3) is 0 Å². The lowest BCUT2D eigenvalue weighted by Gasteiger charge is -2.49. The van der Waals surface area contributed by atoms with E-state index in [0.717, 1.165) is 0 Å². The number of nitrogen functional groups attached to an aromatic ring is 1. The van der Waals surface area contributed by atoms with Gasteiger partial charge in [-0.25, -0.2) is 13.1 Å². The third-order valence-electron chi connectivity index (χ3n) is 4.04. The first kappa shape index (κ1) is 16.1. The second kappa shape index (κ2) is 5.82. The zero-order valence-corrected chi connectivity index (χ0v) is 13.1. The van der Waals surface area contributed by atoms with E-state index in [2.05, 4.69) is 4.72 Å². The quantitative estimate of drug-likeness (QED) is 0.672. The summed E-state index contributed by atoms with van der Waals surface area (Å²) in [4.78, 5) is 0. The molecule has 118 valence electrons. The van der Waals surface area contributed by atoms with Crippen LogP contribution in [0, 0.1) is 5.41 Å². The van der Waals surface area contributed by atoms with Crippen LogP contribution in [-0.2, 0) is 10.0 Å². The number of rotatable bonds is 6. The zero-order chi connectivity index (χ0) is 15.7. The van der Waals surface area contributed by atoms with Gasteiger partial charge < -0.3 is 15.6 Å². The summed E-state index contributed by atoms with van der Waals surface area (Å²) in [6, 6.07) is 6.55. The van der Waals surface area contributed by atoms with E-state index in [-0.39, 0.29) is 18.4 Å². The van der Waals surface area contributed by atoms with Crippen molar-refractivity contribution in [2.24, 2.45) is 5.41 Å². The molecule has 1 aromatic rings. The normalized spacial score (nSPS) is 24.3. The molecule has 1 aromatic carbocycles. The molecule has 0 amide bonds. The molecule has 0 aliphatic heterocycles. The van der Waals surface area contributed by atoms with Gasteiger partial charge in [0.15, 0.2) is 0 Å². The van der Waals surface area contributed by atoms with Crippen molar-refractivity contribution in [1.82, 2.24) is 4.72 Å². The maximum atomic E-state index is 12.0. The van der Waals surface area contributed by atoms with Crippen LogP contribution in [0.1, 0.15) is 20.3 Å². The van der Waals surface area contributed by atoms with E-state index in [0.29, 0.717) is 17.9 Å². The molecule has 1 aliphatic carbocycles. The highest BCUT2D eigenvalue weighted by Gasteiger charge is 2.48. The van der Waals surface area contributed by atoms with E-state index >= 15 is 0 Å². The maximum absolute atomic E-state index is 12.0. The smallest absolute Gasteiger partial charge is 0.215 e. The number of aliphatic hydroxyl groups is 1. The molecule has 0 radical (unpaired) electrons. The molecule has 1 saturated carbocycles. The lowest BCUT2D eigenvalue weighted by molar-refractivity contribution is -0.0645. The molecule has 21 heavy (non-hydrogen) atoms. The van der Waals surface area contributed by atoms with Crippen molar-refractivity contribution < 1.29 is 18.3 Å². The topological polar surface area (TPSA) is 102 Å². The van der Waals surface area contributed by atoms with Gasteiger partial charge in [0.2, 0.25) is 10.0 Å². The summed E-state index contributed by atoms with van der Waals surface area (Å²) in [7, 11) is -3.43. The number of nitrogens with two attached hydrogens (primary N) is 1. The number of nitrogens with one attached hydrogen (secondary N) is 1. The van der Waals surface area contributed by atoms with Crippen molar-refractivity contribution in [2.45, 2.75) is 32.4 Å². The molecule has 0 saturated heterocycles. The van der Waals surface area contributed by atoms with Gasteiger partial charge in [-0.3, -0.25) is 0 Å². The molecule has 7 heteroatoms. The molecule has 2 atom stereocenters. The molecular formula is C14H22N2O4S. The standard InChI is InChI=1S/C14H22N2O4S/c1-14(2)12(9-13(14)17)16-21(18,19)8-7-20-11-5-3-10(15)4-6-11/h3-6,12-13,16-17H,7-9,15H2,1-2H3. The molecule has 0 bridgehead atoms. The number of sulfonamides is 1. The van der Waals surface area contributed by atoms with E-state index in [4.69, 9.17) is 10.5 Å². The van der Waals surface area contributed by atoms with E-state index in [9.17, 15) is 13.5 Å². The van der Waals surface area contributed by atoms with Crippen LogP contribution in [0.5, 0.6) is 5.75 Å². The van der Waals surface area contributed by atoms with Crippen LogP contribution in [0.15, 0.2) is 24.3 Å². The molecule has 0 spiro atoms. The minimum absolute atomic E-state index is 0.0644. The van der Waals surface area contributed by atoms with Crippen LogP contribution in [0.2, 0.25) is 0 Å². The number of hydrogen-bond acceptors (Lipinski definition) is 5. The largest absolute Gasteiger partial charge is 0.492 e. The molecule has 0 aromatic heterocycles. The van der Waals surface area contributed by atoms with Crippen LogP contribution < -0.4 is 15.2 Å². The lowest BCUT2D eigenvalue weighted by Crippen LogP contribution is -2.61. The second-order valence-corrected chi connectivity index (χ2v) is 7.85. The number of aliphatic hydroxyl groups excluding tert-OH is 1. The lowest BCUT2D eigenvalue weighted by atomic mass is 9.65. The summed E-state index contributed by atoms with van der Waals surface area (Å²) in [5, 5.41) is 9.62. The van der Waals surface area contributed by atoms with Crippen molar-refractivity contribution in [3.63, 3.8) is 0 Å². The van der Waals surface area contributed by atoms with Crippen LogP contribution in [-0.4, -0.2) is 38.0 Å². The van der Waals surface area contributed by atoms with Gasteiger partial charge in [0.25, 0.3) is 0 Å². The summed E-state index contributed by atoms with van der Waals surface area (Å²) >= 11 is 0. The van der Waals surface area contributed by atoms with Crippen molar-refractivity contribution >= 4 is 15.7 Å². The fourth-order valence-electron chi connectivity index (χ4n) is 2.21. The van der Waals surface area contributed by atoms with Gasteiger partial charge in [0.1, 0.15) is 12.4 Å². The summed E-state index contributed by atoms with van der Waals surface area (Å²) in [5.41, 5.74) is 5.76. The molecule has 0 heterocycles. The predicted octanol–water partition coefficient (Wildman–Crippen LogP) is 0.726. The first-order chi connectivity index (χ1) is 9.71. The van der Waals surface area contributed by atoms with E-state index in [1.807, 2.05) is 13.8 Å². The first-order valence-electron chi connectivity index (χ1n) is 6.87. The fourth-order valence-corrected chi connectivity index (χ4v) is 3.47. The molecule has 2 unspecified atom stereocenters. The Kier molecular flexibility index (Phi) is 4.46. The molecule has 6 nitrogen and oxygen atoms in total. The number of anilines is 1. The van der Waals surface area contributed by atoms with Gasteiger partial charge in [-0.15, -0.1) is 0 Å². The van der Waals surface area contributed by atoms with Crippen LogP contribution >= 0.6 is 0 Å². The van der Waals surface area contributed by atoms with E-state index in [1.165, 1.54) is 0 Å². The Labute approximate surface area is 125 Å². The Morgan fingerprint density at radius 2 is 2.00 bits per heavy atom. The van der Waals surface area contributed by atoms with Gasteiger partial charge in [0.05, 0.1) is 11.9 Å². The number of benzene rings is 1. The summed E-state index contributed by atoms with van der Waals surface area (Å²) in [6.07, 6.45) is -0.0124. The molecule has 2 rings (SSSR count). The average Bonchev–Trinajstić information content (AvgIpc) is 2.40. The summed E-state index contributed by atoms with van der Waals surface area (Å²) < 4.78 is 32.0. The summed E-state index contributed by atoms with van der Waals surface area (Å²) in [6.45, 7) is 3.76. The monoisotopic (exact) mass is 314 g/mol. The fraction of sp³-hybridized carbons (Fsp3) is 0.571. The molecule has 4 N–H and O–H groups in total. The Morgan fingerprint density at radius 1 is 1.38 bits per heavy atom. The van der Waals surface area contributed by atoms with Crippen LogP contribution in [0.4, 0.5) is 5.69 Å². The SMILES string of the molecule is CC1(C)C(O)CC1NS(=O)(=O)CCOc1ccc(N)cc1. The molecule has 1 aliphatic rings. The molecular weight excluding hydrogens is 292 g/mol. The Balaban J connectivity index is 1.81. The molecule has 1 fully saturated rings. The highest BCUT2D eigenvalue weighted by Crippen LogP contribution is 2.40. The van der Waals surface area contributed by atoms with E-state index < -0.39 is 21.5 Å². The average molecular weight is 314 g/mol. The minimum atomic E-state index is -3.43. The highest BCUT2D eigenvalue weighted by molar-refractivity contribution is 7.89. The van der Waals surface area contributed by atoms with Crippen molar-refractivity contribution in [1.29, 1.82) is 0 Å². The van der Waals surface area contributed by atoms with Gasteiger partial charge >= 0.3 is 0 Å². The third kappa shape index (κ3) is 3.87. The predicted molar refractivity (Wildman–Crippen MR) is 81.5 cm³/mol. The summed E-state index contributed by atoms with van der Waals surface area (Å²) in [5.74, 6) is 0.457. The first-order valence-corrected chi connectivity index (χ1v) is 8.52. The second-order valence-electron chi connectivity index (χ2n) is 5.98.